The van der Waals surface area contributed by atoms with Gasteiger partial charge in [-0.25, -0.2) is 0 Å². The fourth-order valence-corrected chi connectivity index (χ4v) is 0.622. The lowest BCUT2D eigenvalue weighted by atomic mass is 10.3. The number of hydrogen-bond donors (Lipinski definition) is 2. The van der Waals surface area contributed by atoms with Gasteiger partial charge >= 0.3 is 0 Å². The van der Waals surface area contributed by atoms with Crippen LogP contribution in [0.25, 0.3) is 10.4 Å². The van der Waals surface area contributed by atoms with Gasteiger partial charge in [-0.3, -0.25) is 0 Å². The summed E-state index contributed by atoms with van der Waals surface area (Å²) in [6.07, 6.45) is 0.669. The zero-order valence-electron chi connectivity index (χ0n) is 6.64. The van der Waals surface area contributed by atoms with Gasteiger partial charge in [-0.15, -0.1) is 0 Å². The summed E-state index contributed by atoms with van der Waals surface area (Å²) in [5, 5.41) is 23.0. The van der Waals surface area contributed by atoms with E-state index < -0.39 is 6.04 Å². The standard InChI is InChI=1S/C6H11N5O/c7-4-6(5-12)9-2-1-3-10-11-8/h6,9,12H,1-3,5H2. The third-order valence-corrected chi connectivity index (χ3v) is 1.23. The minimum atomic E-state index is -0.518. The molecular weight excluding hydrogens is 158 g/mol. The van der Waals surface area contributed by atoms with Crippen LogP contribution in [0.4, 0.5) is 0 Å². The Balaban J connectivity index is 3.30. The number of azide groups is 1. The number of aliphatic hydroxyl groups is 1. The monoisotopic (exact) mass is 169 g/mol. The van der Waals surface area contributed by atoms with Crippen molar-refractivity contribution in [2.45, 2.75) is 12.5 Å². The predicted molar refractivity (Wildman–Crippen MR) is 43.1 cm³/mol. The lowest BCUT2D eigenvalue weighted by Crippen LogP contribution is -2.31. The van der Waals surface area contributed by atoms with Crippen LogP contribution in [0.1, 0.15) is 6.42 Å². The average molecular weight is 169 g/mol. The molecule has 0 aromatic heterocycles. The van der Waals surface area contributed by atoms with E-state index in [1.165, 1.54) is 0 Å². The Morgan fingerprint density at radius 1 is 1.75 bits per heavy atom. The molecule has 1 atom stereocenters. The summed E-state index contributed by atoms with van der Waals surface area (Å²) in [5.41, 5.74) is 7.91. The third kappa shape index (κ3) is 5.50. The maximum atomic E-state index is 8.56. The van der Waals surface area contributed by atoms with Crippen molar-refractivity contribution in [2.24, 2.45) is 5.11 Å². The largest absolute Gasteiger partial charge is 0.394 e. The number of nitriles is 1. The Morgan fingerprint density at radius 3 is 3.00 bits per heavy atom. The van der Waals surface area contributed by atoms with Gasteiger partial charge in [0.05, 0.1) is 12.7 Å². The average Bonchev–Trinajstić information content (AvgIpc) is 2.11. The maximum Gasteiger partial charge on any atom is 0.119 e. The smallest absolute Gasteiger partial charge is 0.119 e. The molecule has 0 saturated carbocycles. The van der Waals surface area contributed by atoms with Gasteiger partial charge in [0.15, 0.2) is 0 Å². The maximum absolute atomic E-state index is 8.56. The van der Waals surface area contributed by atoms with Crippen LogP contribution in [-0.2, 0) is 0 Å². The first-order valence-electron chi connectivity index (χ1n) is 3.60. The molecule has 0 saturated heterocycles. The third-order valence-electron chi connectivity index (χ3n) is 1.23. The van der Waals surface area contributed by atoms with Crippen molar-refractivity contribution >= 4 is 0 Å². The van der Waals surface area contributed by atoms with Crippen molar-refractivity contribution in [2.75, 3.05) is 19.7 Å². The van der Waals surface area contributed by atoms with Crippen LogP contribution >= 0.6 is 0 Å². The van der Waals surface area contributed by atoms with Crippen LogP contribution in [0.2, 0.25) is 0 Å². The molecule has 0 rings (SSSR count). The Kier molecular flexibility index (Phi) is 6.99. The van der Waals surface area contributed by atoms with Crippen molar-refractivity contribution in [1.29, 1.82) is 5.26 Å². The van der Waals surface area contributed by atoms with E-state index in [2.05, 4.69) is 15.3 Å². The first kappa shape index (κ1) is 10.7. The molecule has 0 fully saturated rings. The van der Waals surface area contributed by atoms with Crippen LogP contribution in [0, 0.1) is 11.3 Å². The zero-order chi connectivity index (χ0) is 9.23. The highest BCUT2D eigenvalue weighted by molar-refractivity contribution is 4.88. The number of rotatable bonds is 6. The molecule has 0 radical (unpaired) electrons. The van der Waals surface area contributed by atoms with Gasteiger partial charge in [-0.2, -0.15) is 5.26 Å². The van der Waals surface area contributed by atoms with Crippen molar-refractivity contribution in [3.8, 4) is 6.07 Å². The molecule has 0 aromatic carbocycles. The summed E-state index contributed by atoms with van der Waals surface area (Å²) in [4.78, 5) is 2.58. The number of nitrogens with one attached hydrogen (secondary N) is 1. The summed E-state index contributed by atoms with van der Waals surface area (Å²) in [6.45, 7) is 0.781. The van der Waals surface area contributed by atoms with Gasteiger partial charge in [0.1, 0.15) is 6.04 Å². The summed E-state index contributed by atoms with van der Waals surface area (Å²) in [6, 6.07) is 1.36. The summed E-state index contributed by atoms with van der Waals surface area (Å²) >= 11 is 0. The molecule has 0 aliphatic heterocycles. The molecule has 0 heterocycles. The van der Waals surface area contributed by atoms with Crippen LogP contribution in [0.5, 0.6) is 0 Å². The van der Waals surface area contributed by atoms with E-state index in [9.17, 15) is 0 Å². The Bertz CT molecular complexity index is 193. The molecule has 0 amide bonds. The van der Waals surface area contributed by atoms with E-state index in [1.807, 2.05) is 6.07 Å². The fourth-order valence-electron chi connectivity index (χ4n) is 0.622. The molecule has 0 aliphatic rings. The number of nitrogens with zero attached hydrogens (tertiary/aromatic N) is 4. The van der Waals surface area contributed by atoms with Gasteiger partial charge in [-0.1, -0.05) is 5.11 Å². The molecule has 2 N–H and O–H groups in total. The minimum Gasteiger partial charge on any atom is -0.394 e. The van der Waals surface area contributed by atoms with Crippen LogP contribution in [0.15, 0.2) is 5.11 Å². The van der Waals surface area contributed by atoms with E-state index >= 15 is 0 Å². The van der Waals surface area contributed by atoms with Gasteiger partial charge < -0.3 is 10.4 Å². The highest BCUT2D eigenvalue weighted by Gasteiger charge is 2.01. The predicted octanol–water partition coefficient (Wildman–Crippen LogP) is 0.161. The first-order valence-corrected chi connectivity index (χ1v) is 3.60. The zero-order valence-corrected chi connectivity index (χ0v) is 6.64. The van der Waals surface area contributed by atoms with Gasteiger partial charge in [-0.05, 0) is 18.5 Å². The SMILES string of the molecule is N#CC(CO)NCCCN=[N+]=[N-]. The van der Waals surface area contributed by atoms with Crippen molar-refractivity contribution in [3.63, 3.8) is 0 Å². The molecule has 6 heteroatoms. The number of aliphatic hydroxyl groups excluding tert-OH is 1. The summed E-state index contributed by atoms with van der Waals surface area (Å²) in [5.74, 6) is 0. The molecule has 0 spiro atoms. The van der Waals surface area contributed by atoms with Crippen molar-refractivity contribution < 1.29 is 5.11 Å². The van der Waals surface area contributed by atoms with E-state index in [-0.39, 0.29) is 6.61 Å². The van der Waals surface area contributed by atoms with Gasteiger partial charge in [0.25, 0.3) is 0 Å². The molecule has 1 unspecified atom stereocenters. The van der Waals surface area contributed by atoms with E-state index in [0.717, 1.165) is 0 Å². The molecular formula is C6H11N5O. The summed E-state index contributed by atoms with van der Waals surface area (Å²) < 4.78 is 0. The minimum absolute atomic E-state index is 0.196. The van der Waals surface area contributed by atoms with Crippen molar-refractivity contribution in [3.05, 3.63) is 10.4 Å². The van der Waals surface area contributed by atoms with Crippen LogP contribution < -0.4 is 5.32 Å². The van der Waals surface area contributed by atoms with Crippen molar-refractivity contribution in [1.82, 2.24) is 5.32 Å². The normalized spacial score (nSPS) is 11.3. The second-order valence-electron chi connectivity index (χ2n) is 2.13. The second-order valence-corrected chi connectivity index (χ2v) is 2.13. The van der Waals surface area contributed by atoms with E-state index in [1.54, 1.807) is 0 Å². The summed E-state index contributed by atoms with van der Waals surface area (Å²) in [7, 11) is 0. The Labute approximate surface area is 70.4 Å². The second kappa shape index (κ2) is 7.82. The molecule has 12 heavy (non-hydrogen) atoms. The fraction of sp³-hybridized carbons (Fsp3) is 0.833. The van der Waals surface area contributed by atoms with E-state index in [0.29, 0.717) is 19.5 Å². The molecule has 0 aromatic rings. The highest BCUT2D eigenvalue weighted by atomic mass is 16.3. The van der Waals surface area contributed by atoms with Gasteiger partial charge in [0.2, 0.25) is 0 Å². The van der Waals surface area contributed by atoms with Gasteiger partial charge in [0, 0.05) is 11.5 Å². The lowest BCUT2D eigenvalue weighted by molar-refractivity contribution is 0.267. The number of hydrogen-bond acceptors (Lipinski definition) is 4. The van der Waals surface area contributed by atoms with E-state index in [4.69, 9.17) is 15.9 Å². The molecule has 6 nitrogen and oxygen atoms in total. The highest BCUT2D eigenvalue weighted by Crippen LogP contribution is 1.82. The Morgan fingerprint density at radius 2 is 2.50 bits per heavy atom. The lowest BCUT2D eigenvalue weighted by Gasteiger charge is -2.05. The molecule has 66 valence electrons. The van der Waals surface area contributed by atoms with Crippen LogP contribution in [-0.4, -0.2) is 30.8 Å². The molecule has 0 aliphatic carbocycles. The first-order chi connectivity index (χ1) is 5.85. The Hall–Kier alpha value is -1.28. The van der Waals surface area contributed by atoms with Crippen LogP contribution in [0.3, 0.4) is 0 Å². The topological polar surface area (TPSA) is 105 Å². The quantitative estimate of drug-likeness (QED) is 0.256. The molecule has 0 bridgehead atoms.